The zero-order chi connectivity index (χ0) is 9.42. The fraction of sp³-hybridized carbons (Fsp3) is 1.00. The molecular weight excluding hydrogens is 190 g/mol. The molecule has 2 rings (SSSR count). The highest BCUT2D eigenvalue weighted by atomic mass is 32.2. The van der Waals surface area contributed by atoms with E-state index in [0.717, 1.165) is 18.1 Å². The van der Waals surface area contributed by atoms with Crippen molar-refractivity contribution in [3.63, 3.8) is 0 Å². The molecule has 0 aromatic heterocycles. The number of aliphatic hydroxyl groups excluding tert-OH is 3. The molecule has 2 aliphatic heterocycles. The zero-order valence-corrected chi connectivity index (χ0v) is 8.15. The minimum Gasteiger partial charge on any atom is -0.389 e. The first-order chi connectivity index (χ1) is 6.20. The summed E-state index contributed by atoms with van der Waals surface area (Å²) in [5.74, 6) is 1.90. The summed E-state index contributed by atoms with van der Waals surface area (Å²) in [5, 5.41) is 28.6. The van der Waals surface area contributed by atoms with E-state index in [0.29, 0.717) is 6.54 Å². The Balaban J connectivity index is 2.08. The molecule has 0 saturated carbocycles. The van der Waals surface area contributed by atoms with E-state index in [9.17, 15) is 15.3 Å². The molecule has 2 fully saturated rings. The Morgan fingerprint density at radius 3 is 2.69 bits per heavy atom. The summed E-state index contributed by atoms with van der Waals surface area (Å²) in [4.78, 5) is 2.07. The third-order valence-electron chi connectivity index (χ3n) is 2.84. The lowest BCUT2D eigenvalue weighted by Crippen LogP contribution is -2.63. The quantitative estimate of drug-likeness (QED) is 0.449. The third-order valence-corrected chi connectivity index (χ3v) is 3.89. The van der Waals surface area contributed by atoms with E-state index in [4.69, 9.17) is 0 Å². The highest BCUT2D eigenvalue weighted by Gasteiger charge is 2.42. The fourth-order valence-electron chi connectivity index (χ4n) is 2.00. The number of nitrogens with zero attached hydrogens (tertiary/aromatic N) is 1. The van der Waals surface area contributed by atoms with Gasteiger partial charge < -0.3 is 15.3 Å². The molecule has 0 aromatic carbocycles. The van der Waals surface area contributed by atoms with Crippen molar-refractivity contribution in [3.05, 3.63) is 0 Å². The van der Waals surface area contributed by atoms with Crippen LogP contribution in [0, 0.1) is 0 Å². The SMILES string of the molecule is OC1CN2CCSCC2C(O)C1O. The zero-order valence-electron chi connectivity index (χ0n) is 7.33. The van der Waals surface area contributed by atoms with E-state index in [1.54, 1.807) is 11.8 Å². The van der Waals surface area contributed by atoms with Crippen LogP contribution in [0.3, 0.4) is 0 Å². The summed E-state index contributed by atoms with van der Waals surface area (Å²) in [6.45, 7) is 1.39. The molecule has 0 bridgehead atoms. The van der Waals surface area contributed by atoms with Crippen LogP contribution in [0.15, 0.2) is 0 Å². The van der Waals surface area contributed by atoms with Gasteiger partial charge in [0.15, 0.2) is 0 Å². The Morgan fingerprint density at radius 2 is 1.92 bits per heavy atom. The van der Waals surface area contributed by atoms with Crippen molar-refractivity contribution in [2.24, 2.45) is 0 Å². The summed E-state index contributed by atoms with van der Waals surface area (Å²) in [6, 6.07) is 0.0251. The Kier molecular flexibility index (Phi) is 2.80. The third kappa shape index (κ3) is 1.71. The maximum atomic E-state index is 9.68. The number of thioether (sulfide) groups is 1. The van der Waals surface area contributed by atoms with Crippen molar-refractivity contribution >= 4 is 11.8 Å². The van der Waals surface area contributed by atoms with Gasteiger partial charge in [0.2, 0.25) is 0 Å². The molecule has 76 valence electrons. The molecular formula is C8H15NO3S. The maximum absolute atomic E-state index is 9.68. The predicted octanol–water partition coefficient (Wildman–Crippen LogP) is -1.50. The topological polar surface area (TPSA) is 63.9 Å². The highest BCUT2D eigenvalue weighted by molar-refractivity contribution is 7.99. The van der Waals surface area contributed by atoms with Crippen molar-refractivity contribution < 1.29 is 15.3 Å². The Morgan fingerprint density at radius 1 is 1.15 bits per heavy atom. The van der Waals surface area contributed by atoms with Crippen LogP contribution in [-0.4, -0.2) is 69.2 Å². The van der Waals surface area contributed by atoms with Crippen LogP contribution in [-0.2, 0) is 0 Å². The van der Waals surface area contributed by atoms with Crippen LogP contribution in [0.4, 0.5) is 0 Å². The van der Waals surface area contributed by atoms with Gasteiger partial charge in [-0.15, -0.1) is 0 Å². The molecule has 5 heteroatoms. The largest absolute Gasteiger partial charge is 0.389 e. The van der Waals surface area contributed by atoms with Crippen LogP contribution in [0.5, 0.6) is 0 Å². The van der Waals surface area contributed by atoms with Crippen LogP contribution in [0.2, 0.25) is 0 Å². The summed E-state index contributed by atoms with van der Waals surface area (Å²) in [7, 11) is 0. The van der Waals surface area contributed by atoms with Gasteiger partial charge in [0.25, 0.3) is 0 Å². The molecule has 0 aromatic rings. The number of fused-ring (bicyclic) bond motifs is 1. The molecule has 4 nitrogen and oxygen atoms in total. The van der Waals surface area contributed by atoms with E-state index in [1.165, 1.54) is 0 Å². The van der Waals surface area contributed by atoms with Gasteiger partial charge in [0, 0.05) is 30.6 Å². The van der Waals surface area contributed by atoms with E-state index in [1.807, 2.05) is 0 Å². The van der Waals surface area contributed by atoms with Crippen molar-refractivity contribution in [1.82, 2.24) is 4.90 Å². The van der Waals surface area contributed by atoms with E-state index in [-0.39, 0.29) is 6.04 Å². The van der Waals surface area contributed by atoms with Gasteiger partial charge in [-0.05, 0) is 0 Å². The van der Waals surface area contributed by atoms with Gasteiger partial charge in [-0.3, -0.25) is 4.90 Å². The van der Waals surface area contributed by atoms with Crippen molar-refractivity contribution in [3.8, 4) is 0 Å². The number of hydrogen-bond acceptors (Lipinski definition) is 5. The maximum Gasteiger partial charge on any atom is 0.109 e. The summed E-state index contributed by atoms with van der Waals surface area (Å²) >= 11 is 1.79. The summed E-state index contributed by atoms with van der Waals surface area (Å²) < 4.78 is 0. The lowest BCUT2D eigenvalue weighted by atomic mass is 9.95. The second kappa shape index (κ2) is 3.74. The average Bonchev–Trinajstić information content (AvgIpc) is 2.15. The van der Waals surface area contributed by atoms with Gasteiger partial charge in [0.05, 0.1) is 12.2 Å². The molecule has 3 N–H and O–H groups in total. The second-order valence-corrected chi connectivity index (χ2v) is 4.84. The number of hydrogen-bond donors (Lipinski definition) is 3. The fourth-order valence-corrected chi connectivity index (χ4v) is 3.18. The van der Waals surface area contributed by atoms with Gasteiger partial charge in [0.1, 0.15) is 6.10 Å². The first-order valence-electron chi connectivity index (χ1n) is 4.56. The predicted molar refractivity (Wildman–Crippen MR) is 50.7 cm³/mol. The van der Waals surface area contributed by atoms with Crippen LogP contribution in [0.1, 0.15) is 0 Å². The molecule has 4 atom stereocenters. The van der Waals surface area contributed by atoms with Gasteiger partial charge in [-0.25, -0.2) is 0 Å². The molecule has 13 heavy (non-hydrogen) atoms. The monoisotopic (exact) mass is 205 g/mol. The van der Waals surface area contributed by atoms with Crippen molar-refractivity contribution in [1.29, 1.82) is 0 Å². The Labute approximate surface area is 81.5 Å². The summed E-state index contributed by atoms with van der Waals surface area (Å²) in [6.07, 6.45) is -2.56. The first-order valence-corrected chi connectivity index (χ1v) is 5.71. The molecule has 0 aliphatic carbocycles. The van der Waals surface area contributed by atoms with E-state index < -0.39 is 18.3 Å². The lowest BCUT2D eigenvalue weighted by Gasteiger charge is -2.45. The normalized spacial score (nSPS) is 47.3. The molecule has 0 radical (unpaired) electrons. The average molecular weight is 205 g/mol. The van der Waals surface area contributed by atoms with Gasteiger partial charge >= 0.3 is 0 Å². The molecule has 0 amide bonds. The van der Waals surface area contributed by atoms with Crippen LogP contribution >= 0.6 is 11.8 Å². The van der Waals surface area contributed by atoms with Crippen molar-refractivity contribution in [2.75, 3.05) is 24.6 Å². The second-order valence-electron chi connectivity index (χ2n) is 3.69. The highest BCUT2D eigenvalue weighted by Crippen LogP contribution is 2.25. The molecule has 2 saturated heterocycles. The first kappa shape index (κ1) is 9.73. The molecule has 4 unspecified atom stereocenters. The minimum absolute atomic E-state index is 0.0251. The Hall–Kier alpha value is 0.190. The van der Waals surface area contributed by atoms with Crippen molar-refractivity contribution in [2.45, 2.75) is 24.4 Å². The standard InChI is InChI=1S/C8H15NO3S/c10-6-3-9-1-2-13-4-5(9)7(11)8(6)12/h5-8,10-12H,1-4H2. The smallest absolute Gasteiger partial charge is 0.109 e. The van der Waals surface area contributed by atoms with Gasteiger partial charge in [-0.2, -0.15) is 11.8 Å². The Bertz CT molecular complexity index is 190. The van der Waals surface area contributed by atoms with E-state index in [2.05, 4.69) is 4.90 Å². The molecule has 2 aliphatic rings. The molecule has 0 spiro atoms. The van der Waals surface area contributed by atoms with Crippen LogP contribution < -0.4 is 0 Å². The number of aliphatic hydroxyl groups is 3. The summed E-state index contributed by atoms with van der Waals surface area (Å²) in [5.41, 5.74) is 0. The number of rotatable bonds is 0. The lowest BCUT2D eigenvalue weighted by molar-refractivity contribution is -0.131. The van der Waals surface area contributed by atoms with E-state index >= 15 is 0 Å². The van der Waals surface area contributed by atoms with Crippen LogP contribution in [0.25, 0.3) is 0 Å². The van der Waals surface area contributed by atoms with Gasteiger partial charge in [-0.1, -0.05) is 0 Å². The molecule has 2 heterocycles. The number of piperidine rings is 1. The minimum atomic E-state index is -0.972.